The number of thioether (sulfide) groups is 1. The van der Waals surface area contributed by atoms with Crippen LogP contribution < -0.4 is 9.47 Å². The third-order valence-corrected chi connectivity index (χ3v) is 3.85. The maximum Gasteiger partial charge on any atom is 0.337 e. The minimum absolute atomic E-state index is 0.180. The van der Waals surface area contributed by atoms with E-state index in [-0.39, 0.29) is 11.7 Å². The molecule has 0 aliphatic carbocycles. The lowest BCUT2D eigenvalue weighted by Gasteiger charge is -2.26. The van der Waals surface area contributed by atoms with Crippen LogP contribution in [0.3, 0.4) is 0 Å². The Bertz CT molecular complexity index is 444. The number of aliphatic hydroxyl groups is 1. The molecule has 1 aromatic carbocycles. The molecule has 0 aromatic heterocycles. The lowest BCUT2D eigenvalue weighted by molar-refractivity contribution is -0.146. The Morgan fingerprint density at radius 1 is 1.44 bits per heavy atom. The van der Waals surface area contributed by atoms with E-state index in [2.05, 4.69) is 0 Å². The first-order chi connectivity index (χ1) is 8.61. The number of aliphatic carboxylic acids is 1. The molecule has 0 saturated carbocycles. The van der Waals surface area contributed by atoms with E-state index in [9.17, 15) is 9.90 Å². The topological polar surface area (TPSA) is 76.0 Å². The van der Waals surface area contributed by atoms with Gasteiger partial charge in [-0.1, -0.05) is 6.07 Å². The van der Waals surface area contributed by atoms with Crippen LogP contribution in [0.25, 0.3) is 0 Å². The number of aliphatic hydroxyl groups excluding tert-OH is 1. The van der Waals surface area contributed by atoms with Crippen molar-refractivity contribution in [1.82, 2.24) is 0 Å². The highest BCUT2D eigenvalue weighted by Crippen LogP contribution is 2.33. The molecule has 98 valence electrons. The van der Waals surface area contributed by atoms with Crippen LogP contribution >= 0.6 is 11.8 Å². The summed E-state index contributed by atoms with van der Waals surface area (Å²) in [5, 5.41) is 18.2. The molecule has 0 bridgehead atoms. The molecule has 2 N–H and O–H groups in total. The first-order valence-electron chi connectivity index (χ1n) is 5.45. The van der Waals surface area contributed by atoms with E-state index in [4.69, 9.17) is 14.6 Å². The van der Waals surface area contributed by atoms with Gasteiger partial charge in [-0.2, -0.15) is 11.8 Å². The summed E-state index contributed by atoms with van der Waals surface area (Å²) in [4.78, 5) is 10.7. The average molecular weight is 270 g/mol. The number of rotatable bonds is 5. The van der Waals surface area contributed by atoms with Crippen molar-refractivity contribution in [3.63, 3.8) is 0 Å². The van der Waals surface area contributed by atoms with Crippen LogP contribution in [0.1, 0.15) is 11.7 Å². The average Bonchev–Trinajstić information content (AvgIpc) is 2.32. The van der Waals surface area contributed by atoms with E-state index < -0.39 is 12.1 Å². The van der Waals surface area contributed by atoms with E-state index in [1.165, 1.54) is 19.2 Å². The zero-order valence-electron chi connectivity index (χ0n) is 9.83. The van der Waals surface area contributed by atoms with Crippen molar-refractivity contribution in [2.24, 2.45) is 0 Å². The van der Waals surface area contributed by atoms with Gasteiger partial charge in [-0.15, -0.1) is 0 Å². The van der Waals surface area contributed by atoms with Gasteiger partial charge in [-0.05, 0) is 17.7 Å². The summed E-state index contributed by atoms with van der Waals surface area (Å²) in [6.07, 6.45) is -1.37. The number of ether oxygens (including phenoxy) is 2. The molecule has 0 radical (unpaired) electrons. The van der Waals surface area contributed by atoms with Crippen LogP contribution in [0.4, 0.5) is 0 Å². The van der Waals surface area contributed by atoms with Crippen LogP contribution in [0.2, 0.25) is 0 Å². The maximum absolute atomic E-state index is 10.7. The molecule has 1 aliphatic rings. The molecule has 5 nitrogen and oxygen atoms in total. The van der Waals surface area contributed by atoms with Gasteiger partial charge in [0.1, 0.15) is 6.10 Å². The monoisotopic (exact) mass is 270 g/mol. The Labute approximate surface area is 109 Å². The Kier molecular flexibility index (Phi) is 3.98. The molecule has 18 heavy (non-hydrogen) atoms. The first-order valence-corrected chi connectivity index (χ1v) is 6.60. The van der Waals surface area contributed by atoms with Gasteiger partial charge in [0.15, 0.2) is 17.6 Å². The summed E-state index contributed by atoms with van der Waals surface area (Å²) in [7, 11) is 1.48. The molecule has 1 heterocycles. The van der Waals surface area contributed by atoms with Crippen LogP contribution in [-0.2, 0) is 4.79 Å². The van der Waals surface area contributed by atoms with Crippen molar-refractivity contribution >= 4 is 17.7 Å². The standard InChI is InChI=1S/C12H14O5S/c1-16-10-4-7(11(13)12(14)15)2-3-9(10)17-8-5-18-6-8/h2-4,8,11,13H,5-6H2,1H3,(H,14,15). The minimum Gasteiger partial charge on any atom is -0.493 e. The highest BCUT2D eigenvalue weighted by Gasteiger charge is 2.23. The minimum atomic E-state index is -1.55. The fourth-order valence-electron chi connectivity index (χ4n) is 1.56. The zero-order chi connectivity index (χ0) is 13.1. The van der Waals surface area contributed by atoms with Crippen molar-refractivity contribution in [3.05, 3.63) is 23.8 Å². The van der Waals surface area contributed by atoms with Gasteiger partial charge in [0.2, 0.25) is 0 Å². The molecule has 1 saturated heterocycles. The van der Waals surface area contributed by atoms with Crippen molar-refractivity contribution < 1.29 is 24.5 Å². The third kappa shape index (κ3) is 2.70. The highest BCUT2D eigenvalue weighted by molar-refractivity contribution is 8.00. The molecular weight excluding hydrogens is 256 g/mol. The predicted molar refractivity (Wildman–Crippen MR) is 67.3 cm³/mol. The smallest absolute Gasteiger partial charge is 0.337 e. The van der Waals surface area contributed by atoms with Crippen molar-refractivity contribution in [2.45, 2.75) is 12.2 Å². The van der Waals surface area contributed by atoms with E-state index in [1.807, 2.05) is 0 Å². The molecule has 6 heteroatoms. The maximum atomic E-state index is 10.7. The van der Waals surface area contributed by atoms with Crippen LogP contribution in [0.15, 0.2) is 18.2 Å². The molecule has 1 aliphatic heterocycles. The molecule has 0 amide bonds. The normalized spacial score (nSPS) is 16.8. The summed E-state index contributed by atoms with van der Waals surface area (Å²) in [6, 6.07) is 4.64. The van der Waals surface area contributed by atoms with Gasteiger partial charge in [0.25, 0.3) is 0 Å². The van der Waals surface area contributed by atoms with E-state index in [1.54, 1.807) is 17.8 Å². The number of methoxy groups -OCH3 is 1. The van der Waals surface area contributed by atoms with E-state index >= 15 is 0 Å². The second-order valence-corrected chi connectivity index (χ2v) is 5.00. The molecular formula is C12H14O5S. The fraction of sp³-hybridized carbons (Fsp3) is 0.417. The quantitative estimate of drug-likeness (QED) is 0.840. The van der Waals surface area contributed by atoms with Gasteiger partial charge in [-0.25, -0.2) is 4.79 Å². The molecule has 0 spiro atoms. The first kappa shape index (κ1) is 13.0. The molecule has 1 unspecified atom stereocenters. The van der Waals surface area contributed by atoms with E-state index in [0.717, 1.165) is 11.5 Å². The Morgan fingerprint density at radius 3 is 2.67 bits per heavy atom. The number of carboxylic acid groups (broad SMARTS) is 1. The molecule has 1 fully saturated rings. The third-order valence-electron chi connectivity index (χ3n) is 2.64. The zero-order valence-corrected chi connectivity index (χ0v) is 10.6. The lowest BCUT2D eigenvalue weighted by Crippen LogP contribution is -2.31. The number of hydrogen-bond acceptors (Lipinski definition) is 5. The van der Waals surface area contributed by atoms with Gasteiger partial charge in [0.05, 0.1) is 7.11 Å². The second kappa shape index (κ2) is 5.49. The van der Waals surface area contributed by atoms with Gasteiger partial charge >= 0.3 is 5.97 Å². The van der Waals surface area contributed by atoms with Crippen molar-refractivity contribution in [1.29, 1.82) is 0 Å². The lowest BCUT2D eigenvalue weighted by atomic mass is 10.1. The molecule has 1 aromatic rings. The van der Waals surface area contributed by atoms with Crippen molar-refractivity contribution in [2.75, 3.05) is 18.6 Å². The number of hydrogen-bond donors (Lipinski definition) is 2. The largest absolute Gasteiger partial charge is 0.493 e. The summed E-state index contributed by atoms with van der Waals surface area (Å²) in [5.74, 6) is 1.61. The summed E-state index contributed by atoms with van der Waals surface area (Å²) < 4.78 is 10.8. The SMILES string of the molecule is COc1cc(C(O)C(=O)O)ccc1OC1CSC1. The summed E-state index contributed by atoms with van der Waals surface area (Å²) in [5.41, 5.74) is 0.273. The Morgan fingerprint density at radius 2 is 2.17 bits per heavy atom. The van der Waals surface area contributed by atoms with Gasteiger partial charge < -0.3 is 19.7 Å². The summed E-state index contributed by atoms with van der Waals surface area (Å²) >= 11 is 1.81. The van der Waals surface area contributed by atoms with Gasteiger partial charge in [-0.3, -0.25) is 0 Å². The number of carbonyl (C=O) groups is 1. The Balaban J connectivity index is 2.19. The number of benzene rings is 1. The second-order valence-electron chi connectivity index (χ2n) is 3.93. The summed E-state index contributed by atoms with van der Waals surface area (Å²) in [6.45, 7) is 0. The van der Waals surface area contributed by atoms with Crippen LogP contribution in [0, 0.1) is 0 Å². The Hall–Kier alpha value is -1.40. The van der Waals surface area contributed by atoms with E-state index in [0.29, 0.717) is 11.5 Å². The predicted octanol–water partition coefficient (Wildman–Crippen LogP) is 1.31. The highest BCUT2D eigenvalue weighted by atomic mass is 32.2. The number of carboxylic acids is 1. The van der Waals surface area contributed by atoms with Crippen LogP contribution in [-0.4, -0.2) is 40.9 Å². The molecule has 2 rings (SSSR count). The molecule has 1 atom stereocenters. The van der Waals surface area contributed by atoms with Gasteiger partial charge in [0, 0.05) is 11.5 Å². The van der Waals surface area contributed by atoms with Crippen molar-refractivity contribution in [3.8, 4) is 11.5 Å². The fourth-order valence-corrected chi connectivity index (χ4v) is 2.12. The van der Waals surface area contributed by atoms with Crippen LogP contribution in [0.5, 0.6) is 11.5 Å².